The van der Waals surface area contributed by atoms with Gasteiger partial charge in [-0.1, -0.05) is 0 Å². The summed E-state index contributed by atoms with van der Waals surface area (Å²) in [6.45, 7) is 2.76. The van der Waals surface area contributed by atoms with Crippen molar-refractivity contribution in [2.45, 2.75) is 32.4 Å². The number of likely N-dealkylation sites (tertiary alicyclic amines) is 1. The lowest BCUT2D eigenvalue weighted by molar-refractivity contribution is -0.131. The fraction of sp³-hybridized carbons (Fsp3) is 0.471. The lowest BCUT2D eigenvalue weighted by Crippen LogP contribution is -2.42. The van der Waals surface area contributed by atoms with Crippen molar-refractivity contribution in [2.24, 2.45) is 11.7 Å². The van der Waals surface area contributed by atoms with Crippen LogP contribution in [0.25, 0.3) is 10.8 Å². The molecule has 0 aromatic carbocycles. The van der Waals surface area contributed by atoms with Crippen LogP contribution in [0.4, 0.5) is 0 Å². The predicted molar refractivity (Wildman–Crippen MR) is 105 cm³/mol. The monoisotopic (exact) mass is 410 g/mol. The zero-order chi connectivity index (χ0) is 18.5. The highest BCUT2D eigenvalue weighted by Gasteiger charge is 2.28. The van der Waals surface area contributed by atoms with Gasteiger partial charge in [-0.2, -0.15) is 0 Å². The van der Waals surface area contributed by atoms with Crippen LogP contribution in [0.15, 0.2) is 23.8 Å². The fourth-order valence-corrected chi connectivity index (χ4v) is 3.68. The Bertz CT molecular complexity index is 772. The number of halogens is 1. The Labute approximate surface area is 168 Å². The van der Waals surface area contributed by atoms with Gasteiger partial charge in [-0.15, -0.1) is 23.7 Å². The van der Waals surface area contributed by atoms with E-state index in [0.29, 0.717) is 31.9 Å². The molecule has 2 atom stereocenters. The second-order valence-corrected chi connectivity index (χ2v) is 7.25. The maximum Gasteiger partial charge on any atom is 0.225 e. The minimum Gasteiger partial charge on any atom is -0.350 e. The van der Waals surface area contributed by atoms with Gasteiger partial charge >= 0.3 is 0 Å². The van der Waals surface area contributed by atoms with Crippen molar-refractivity contribution in [1.29, 1.82) is 0 Å². The normalized spacial score (nSPS) is 19.7. The number of carbonyl (C=O) groups is 2. The van der Waals surface area contributed by atoms with Gasteiger partial charge in [-0.25, -0.2) is 15.0 Å². The number of thiazole rings is 1. The second-order valence-electron chi connectivity index (χ2n) is 6.39. The summed E-state index contributed by atoms with van der Waals surface area (Å²) in [5.41, 5.74) is 6.77. The summed E-state index contributed by atoms with van der Waals surface area (Å²) >= 11 is 1.44. The molecule has 2 aromatic rings. The molecule has 0 bridgehead atoms. The van der Waals surface area contributed by atoms with E-state index < -0.39 is 0 Å². The molecule has 0 saturated carbocycles. The highest BCUT2D eigenvalue weighted by molar-refractivity contribution is 7.13. The van der Waals surface area contributed by atoms with Gasteiger partial charge in [0.25, 0.3) is 0 Å². The number of hydrogen-bond acceptors (Lipinski definition) is 7. The maximum absolute atomic E-state index is 12.5. The Balaban J connectivity index is 0.00000261. The van der Waals surface area contributed by atoms with E-state index in [1.807, 2.05) is 5.38 Å². The molecule has 8 nitrogen and oxygen atoms in total. The lowest BCUT2D eigenvalue weighted by Gasteiger charge is -2.23. The highest BCUT2D eigenvalue weighted by atomic mass is 35.5. The molecule has 27 heavy (non-hydrogen) atoms. The van der Waals surface area contributed by atoms with Gasteiger partial charge in [-0.05, 0) is 18.9 Å². The number of carbonyl (C=O) groups excluding carboxylic acids is 2. The summed E-state index contributed by atoms with van der Waals surface area (Å²) < 4.78 is 0. The smallest absolute Gasteiger partial charge is 0.225 e. The third-order valence-corrected chi connectivity index (χ3v) is 5.24. The van der Waals surface area contributed by atoms with Gasteiger partial charge in [0.2, 0.25) is 11.8 Å². The van der Waals surface area contributed by atoms with Gasteiger partial charge < -0.3 is 16.0 Å². The van der Waals surface area contributed by atoms with E-state index in [1.54, 1.807) is 23.4 Å². The van der Waals surface area contributed by atoms with Crippen LogP contribution in [0.2, 0.25) is 0 Å². The number of nitrogens with two attached hydrogens (primary N) is 1. The molecule has 10 heteroatoms. The first kappa shape index (κ1) is 21.2. The number of nitrogens with one attached hydrogen (secondary N) is 1. The van der Waals surface area contributed by atoms with Gasteiger partial charge in [0.05, 0.1) is 18.2 Å². The molecule has 0 aliphatic carbocycles. The van der Waals surface area contributed by atoms with Crippen molar-refractivity contribution in [3.8, 4) is 10.8 Å². The van der Waals surface area contributed by atoms with E-state index >= 15 is 0 Å². The first-order chi connectivity index (χ1) is 12.5. The molecule has 2 amide bonds. The summed E-state index contributed by atoms with van der Waals surface area (Å²) in [7, 11) is 0. The molecule has 1 fully saturated rings. The van der Waals surface area contributed by atoms with Crippen LogP contribution in [0.3, 0.4) is 0 Å². The number of rotatable bonds is 4. The molecular formula is C17H23ClN6O2S. The maximum atomic E-state index is 12.5. The Kier molecular flexibility index (Phi) is 7.64. The topological polar surface area (TPSA) is 114 Å². The zero-order valence-electron chi connectivity index (χ0n) is 15.0. The molecule has 0 unspecified atom stereocenters. The molecule has 1 saturated heterocycles. The number of hydrogen-bond donors (Lipinski definition) is 2. The minimum absolute atomic E-state index is 0. The highest BCUT2D eigenvalue weighted by Crippen LogP contribution is 2.20. The van der Waals surface area contributed by atoms with Crippen LogP contribution in [0, 0.1) is 5.92 Å². The molecule has 0 radical (unpaired) electrons. The predicted octanol–water partition coefficient (Wildman–Crippen LogP) is 1.22. The number of nitrogens with zero attached hydrogens (tertiary/aromatic N) is 4. The Morgan fingerprint density at radius 2 is 2.04 bits per heavy atom. The zero-order valence-corrected chi connectivity index (χ0v) is 16.6. The summed E-state index contributed by atoms with van der Waals surface area (Å²) in [6.07, 6.45) is 4.75. The molecule has 2 aromatic heterocycles. The lowest BCUT2D eigenvalue weighted by atomic mass is 10.0. The minimum atomic E-state index is -0.247. The molecule has 146 valence electrons. The third kappa shape index (κ3) is 5.69. The SMILES string of the molecule is CC(=O)N1C[C@@H](N)CC[C@@H](C(=O)NCc2csc(-c3ncccn3)n2)C1.Cl. The van der Waals surface area contributed by atoms with E-state index in [9.17, 15) is 9.59 Å². The number of aromatic nitrogens is 3. The summed E-state index contributed by atoms with van der Waals surface area (Å²) in [4.78, 5) is 38.7. The average molecular weight is 411 g/mol. The third-order valence-electron chi connectivity index (χ3n) is 4.35. The van der Waals surface area contributed by atoms with Crippen molar-refractivity contribution >= 4 is 35.6 Å². The van der Waals surface area contributed by atoms with E-state index in [-0.39, 0.29) is 36.2 Å². The van der Waals surface area contributed by atoms with E-state index in [1.165, 1.54) is 18.3 Å². The van der Waals surface area contributed by atoms with Gasteiger partial charge in [-0.3, -0.25) is 9.59 Å². The summed E-state index contributed by atoms with van der Waals surface area (Å²) in [5.74, 6) is 0.205. The quantitative estimate of drug-likeness (QED) is 0.783. The van der Waals surface area contributed by atoms with Crippen molar-refractivity contribution in [3.63, 3.8) is 0 Å². The van der Waals surface area contributed by atoms with Gasteiger partial charge in [0.1, 0.15) is 0 Å². The molecule has 1 aliphatic rings. The van der Waals surface area contributed by atoms with Crippen LogP contribution in [0.5, 0.6) is 0 Å². The number of amides is 2. The first-order valence-corrected chi connectivity index (χ1v) is 9.41. The summed E-state index contributed by atoms with van der Waals surface area (Å²) in [5, 5.41) is 5.53. The van der Waals surface area contributed by atoms with Crippen molar-refractivity contribution in [1.82, 2.24) is 25.2 Å². The Morgan fingerprint density at radius 1 is 1.30 bits per heavy atom. The van der Waals surface area contributed by atoms with Crippen LogP contribution in [0.1, 0.15) is 25.5 Å². The van der Waals surface area contributed by atoms with Crippen LogP contribution >= 0.6 is 23.7 Å². The molecule has 3 N–H and O–H groups in total. The van der Waals surface area contributed by atoms with Crippen molar-refractivity contribution in [3.05, 3.63) is 29.5 Å². The molecular weight excluding hydrogens is 388 g/mol. The Morgan fingerprint density at radius 3 is 2.74 bits per heavy atom. The largest absolute Gasteiger partial charge is 0.350 e. The fourth-order valence-electron chi connectivity index (χ4n) is 2.92. The second kappa shape index (κ2) is 9.72. The van der Waals surface area contributed by atoms with Crippen molar-refractivity contribution < 1.29 is 9.59 Å². The van der Waals surface area contributed by atoms with Gasteiger partial charge in [0.15, 0.2) is 10.8 Å². The van der Waals surface area contributed by atoms with Crippen LogP contribution in [-0.2, 0) is 16.1 Å². The Hall–Kier alpha value is -2.10. The molecule has 0 spiro atoms. The van der Waals surface area contributed by atoms with Crippen molar-refractivity contribution in [2.75, 3.05) is 13.1 Å². The van der Waals surface area contributed by atoms with E-state index in [0.717, 1.165) is 17.1 Å². The molecule has 1 aliphatic heterocycles. The molecule has 3 rings (SSSR count). The van der Waals surface area contributed by atoms with E-state index in [2.05, 4.69) is 20.3 Å². The van der Waals surface area contributed by atoms with E-state index in [4.69, 9.17) is 5.73 Å². The molecule has 3 heterocycles. The van der Waals surface area contributed by atoms with Gasteiger partial charge in [0, 0.05) is 43.8 Å². The standard InChI is InChI=1S/C17H22N6O2S.ClH/c1-11(24)23-8-12(3-4-13(18)9-23)16(25)21-7-14-10-26-17(22-14)15-19-5-2-6-20-15;/h2,5-6,10,12-13H,3-4,7-9,18H2,1H3,(H,21,25);1H/t12-,13+;/m1./s1. The average Bonchev–Trinajstić information content (AvgIpc) is 3.02. The van der Waals surface area contributed by atoms with Crippen LogP contribution < -0.4 is 11.1 Å². The summed E-state index contributed by atoms with van der Waals surface area (Å²) in [6, 6.07) is 1.67. The first-order valence-electron chi connectivity index (χ1n) is 8.53. The van der Waals surface area contributed by atoms with Crippen LogP contribution in [-0.4, -0.2) is 50.8 Å².